The molecule has 0 aliphatic heterocycles. The van der Waals surface area contributed by atoms with Crippen molar-refractivity contribution >= 4 is 24.8 Å². The summed E-state index contributed by atoms with van der Waals surface area (Å²) >= 11 is 0. The van der Waals surface area contributed by atoms with Gasteiger partial charge in [-0.05, 0) is 18.8 Å². The van der Waals surface area contributed by atoms with Crippen LogP contribution in [0.25, 0.3) is 11.4 Å². The van der Waals surface area contributed by atoms with Crippen LogP contribution in [0.3, 0.4) is 0 Å². The summed E-state index contributed by atoms with van der Waals surface area (Å²) in [6, 6.07) is 10.1. The average molecular weight is 330 g/mol. The molecule has 2 aromatic rings. The van der Waals surface area contributed by atoms with Gasteiger partial charge in [0.15, 0.2) is 0 Å². The highest BCUT2D eigenvalue weighted by molar-refractivity contribution is 5.85. The number of halogens is 2. The van der Waals surface area contributed by atoms with Gasteiger partial charge >= 0.3 is 0 Å². The van der Waals surface area contributed by atoms with Crippen LogP contribution in [0.5, 0.6) is 0 Å². The third-order valence-electron chi connectivity index (χ3n) is 3.88. The summed E-state index contributed by atoms with van der Waals surface area (Å²) in [5, 5.41) is 9.73. The molecule has 1 fully saturated rings. The number of nitrogens with zero attached hydrogens (tertiary/aromatic N) is 2. The number of hydrogen-bond donors (Lipinski definition) is 2. The zero-order valence-corrected chi connectivity index (χ0v) is 13.3. The van der Waals surface area contributed by atoms with Crippen LogP contribution in [0.1, 0.15) is 12.8 Å². The molecule has 3 atom stereocenters. The summed E-state index contributed by atoms with van der Waals surface area (Å²) in [5.74, 6) is 1.41. The van der Waals surface area contributed by atoms with Crippen LogP contribution in [-0.2, 0) is 6.54 Å². The Hall–Kier alpha value is -1.07. The van der Waals surface area contributed by atoms with E-state index in [2.05, 4.69) is 21.7 Å². The molecular formula is C15H21Cl2N3O. The van der Waals surface area contributed by atoms with E-state index in [-0.39, 0.29) is 37.0 Å². The molecule has 0 spiro atoms. The van der Waals surface area contributed by atoms with E-state index in [0.717, 1.165) is 30.8 Å². The largest absolute Gasteiger partial charge is 0.392 e. The van der Waals surface area contributed by atoms with Gasteiger partial charge in [0, 0.05) is 30.5 Å². The Morgan fingerprint density at radius 3 is 2.52 bits per heavy atom. The smallest absolute Gasteiger partial charge is 0.139 e. The van der Waals surface area contributed by atoms with E-state index in [1.165, 1.54) is 0 Å². The molecule has 1 aliphatic carbocycles. The first-order chi connectivity index (χ1) is 9.24. The first-order valence-electron chi connectivity index (χ1n) is 6.74. The van der Waals surface area contributed by atoms with Crippen molar-refractivity contribution in [3.05, 3.63) is 42.7 Å². The first-order valence-corrected chi connectivity index (χ1v) is 6.74. The predicted molar refractivity (Wildman–Crippen MR) is 88.9 cm³/mol. The summed E-state index contributed by atoms with van der Waals surface area (Å²) < 4.78 is 2.16. The lowest BCUT2D eigenvalue weighted by Gasteiger charge is -2.13. The van der Waals surface area contributed by atoms with Gasteiger partial charge in [-0.2, -0.15) is 0 Å². The van der Waals surface area contributed by atoms with Gasteiger partial charge in [0.2, 0.25) is 0 Å². The first kappa shape index (κ1) is 18.0. The number of aliphatic hydroxyl groups excluding tert-OH is 1. The second-order valence-electron chi connectivity index (χ2n) is 5.34. The van der Waals surface area contributed by atoms with Crippen molar-refractivity contribution < 1.29 is 5.11 Å². The van der Waals surface area contributed by atoms with Gasteiger partial charge in [0.1, 0.15) is 5.82 Å². The van der Waals surface area contributed by atoms with Crippen molar-refractivity contribution in [2.75, 3.05) is 0 Å². The second-order valence-corrected chi connectivity index (χ2v) is 5.34. The molecule has 116 valence electrons. The Bertz CT molecular complexity index is 537. The zero-order chi connectivity index (χ0) is 13.2. The van der Waals surface area contributed by atoms with E-state index in [4.69, 9.17) is 5.73 Å². The molecular weight excluding hydrogens is 309 g/mol. The van der Waals surface area contributed by atoms with Gasteiger partial charge in [0.25, 0.3) is 0 Å². The van der Waals surface area contributed by atoms with Crippen LogP contribution in [-0.4, -0.2) is 26.8 Å². The highest BCUT2D eigenvalue weighted by atomic mass is 35.5. The minimum Gasteiger partial charge on any atom is -0.392 e. The highest BCUT2D eigenvalue weighted by Crippen LogP contribution is 2.28. The van der Waals surface area contributed by atoms with Crippen LogP contribution >= 0.6 is 24.8 Å². The number of rotatable bonds is 3. The van der Waals surface area contributed by atoms with Crippen molar-refractivity contribution in [3.63, 3.8) is 0 Å². The van der Waals surface area contributed by atoms with Crippen molar-refractivity contribution in [2.45, 2.75) is 31.5 Å². The maximum atomic E-state index is 9.73. The van der Waals surface area contributed by atoms with Crippen molar-refractivity contribution in [2.24, 2.45) is 11.7 Å². The Labute approximate surface area is 137 Å². The molecule has 1 heterocycles. The SMILES string of the molecule is Cl.Cl.N[C@@H]1CC(Cn2ccnc2-c2ccccc2)C[C@H]1O. The lowest BCUT2D eigenvalue weighted by molar-refractivity contribution is 0.160. The molecule has 0 saturated heterocycles. The summed E-state index contributed by atoms with van der Waals surface area (Å²) in [7, 11) is 0. The molecule has 0 amide bonds. The van der Waals surface area contributed by atoms with E-state index in [0.29, 0.717) is 5.92 Å². The number of nitrogens with two attached hydrogens (primary N) is 1. The number of hydrogen-bond acceptors (Lipinski definition) is 3. The molecule has 3 N–H and O–H groups in total. The Morgan fingerprint density at radius 1 is 1.19 bits per heavy atom. The van der Waals surface area contributed by atoms with Crippen LogP contribution in [0.4, 0.5) is 0 Å². The van der Waals surface area contributed by atoms with E-state index in [1.54, 1.807) is 0 Å². The normalized spacial score (nSPS) is 24.2. The fourth-order valence-corrected chi connectivity index (χ4v) is 2.89. The molecule has 4 nitrogen and oxygen atoms in total. The Kier molecular flexibility index (Phi) is 6.68. The molecule has 6 heteroatoms. The molecule has 1 unspecified atom stereocenters. The minimum absolute atomic E-state index is 0. The lowest BCUT2D eigenvalue weighted by Crippen LogP contribution is -2.28. The molecule has 1 aliphatic rings. The molecule has 21 heavy (non-hydrogen) atoms. The van der Waals surface area contributed by atoms with E-state index < -0.39 is 0 Å². The zero-order valence-electron chi connectivity index (χ0n) is 11.6. The molecule has 1 saturated carbocycles. The maximum absolute atomic E-state index is 9.73. The minimum atomic E-state index is -0.353. The molecule has 1 aromatic carbocycles. The van der Waals surface area contributed by atoms with Crippen LogP contribution in [0.2, 0.25) is 0 Å². The summed E-state index contributed by atoms with van der Waals surface area (Å²) in [6.07, 6.45) is 5.14. The highest BCUT2D eigenvalue weighted by Gasteiger charge is 2.30. The predicted octanol–water partition coefficient (Wildman–Crippen LogP) is 2.49. The average Bonchev–Trinajstić information content (AvgIpc) is 2.99. The van der Waals surface area contributed by atoms with Crippen molar-refractivity contribution in [1.82, 2.24) is 9.55 Å². The van der Waals surface area contributed by atoms with Crippen molar-refractivity contribution in [3.8, 4) is 11.4 Å². The maximum Gasteiger partial charge on any atom is 0.139 e. The van der Waals surface area contributed by atoms with Crippen LogP contribution < -0.4 is 5.73 Å². The summed E-state index contributed by atoms with van der Waals surface area (Å²) in [6.45, 7) is 0.870. The molecule has 1 aromatic heterocycles. The number of benzene rings is 1. The molecule has 3 rings (SSSR count). The monoisotopic (exact) mass is 329 g/mol. The number of aliphatic hydroxyl groups is 1. The van der Waals surface area contributed by atoms with E-state index in [1.807, 2.05) is 30.6 Å². The molecule has 0 radical (unpaired) electrons. The second kappa shape index (κ2) is 7.80. The topological polar surface area (TPSA) is 64.1 Å². The third kappa shape index (κ3) is 3.98. The van der Waals surface area contributed by atoms with Crippen LogP contribution in [0, 0.1) is 5.92 Å². The molecule has 0 bridgehead atoms. The standard InChI is InChI=1S/C15H19N3O.2ClH/c16-13-8-11(9-14(13)19)10-18-7-6-17-15(18)12-4-2-1-3-5-12;;/h1-7,11,13-14,19H,8-10,16H2;2*1H/t11?,13-,14-;;/m1../s1. The van der Waals surface area contributed by atoms with Gasteiger partial charge in [-0.15, -0.1) is 24.8 Å². The van der Waals surface area contributed by atoms with Crippen LogP contribution in [0.15, 0.2) is 42.7 Å². The van der Waals surface area contributed by atoms with Gasteiger partial charge in [-0.1, -0.05) is 30.3 Å². The van der Waals surface area contributed by atoms with Gasteiger partial charge in [0.05, 0.1) is 6.10 Å². The van der Waals surface area contributed by atoms with Gasteiger partial charge in [-0.3, -0.25) is 0 Å². The third-order valence-corrected chi connectivity index (χ3v) is 3.88. The summed E-state index contributed by atoms with van der Waals surface area (Å²) in [5.41, 5.74) is 6.99. The van der Waals surface area contributed by atoms with Crippen molar-refractivity contribution in [1.29, 1.82) is 0 Å². The quantitative estimate of drug-likeness (QED) is 0.909. The van der Waals surface area contributed by atoms with Gasteiger partial charge in [-0.25, -0.2) is 4.98 Å². The Morgan fingerprint density at radius 2 is 1.90 bits per heavy atom. The lowest BCUT2D eigenvalue weighted by atomic mass is 10.1. The fraction of sp³-hybridized carbons (Fsp3) is 0.400. The van der Waals surface area contributed by atoms with E-state index in [9.17, 15) is 5.11 Å². The fourth-order valence-electron chi connectivity index (χ4n) is 2.89. The van der Waals surface area contributed by atoms with Gasteiger partial charge < -0.3 is 15.4 Å². The Balaban J connectivity index is 0.00000110. The number of aromatic nitrogens is 2. The number of imidazole rings is 1. The summed E-state index contributed by atoms with van der Waals surface area (Å²) in [4.78, 5) is 4.44. The van der Waals surface area contributed by atoms with E-state index >= 15 is 0 Å².